The maximum Gasteiger partial charge on any atom is 0.322 e. The van der Waals surface area contributed by atoms with Gasteiger partial charge in [-0.05, 0) is 42.0 Å². The molecule has 2 atom stereocenters. The third kappa shape index (κ3) is 4.08. The van der Waals surface area contributed by atoms with Crippen LogP contribution < -0.4 is 10.1 Å². The van der Waals surface area contributed by atoms with Gasteiger partial charge in [0.1, 0.15) is 5.75 Å². The summed E-state index contributed by atoms with van der Waals surface area (Å²) in [6.07, 6.45) is 4.24. The topological polar surface area (TPSA) is 44.8 Å². The van der Waals surface area contributed by atoms with Crippen LogP contribution in [0.5, 0.6) is 5.75 Å². The number of carbonyl (C=O) groups excluding carboxylic acids is 1. The third-order valence-corrected chi connectivity index (χ3v) is 6.06. The summed E-state index contributed by atoms with van der Waals surface area (Å²) in [6, 6.07) is 16.2. The van der Waals surface area contributed by atoms with Gasteiger partial charge in [-0.3, -0.25) is 4.90 Å². The molecule has 2 aliphatic heterocycles. The number of anilines is 1. The second-order valence-corrected chi connectivity index (χ2v) is 8.13. The van der Waals surface area contributed by atoms with Gasteiger partial charge in [0, 0.05) is 48.3 Å². The smallest absolute Gasteiger partial charge is 0.322 e. The molecular weight excluding hydrogens is 418 g/mol. The third-order valence-electron chi connectivity index (χ3n) is 5.53. The molecule has 2 aromatic rings. The Hall–Kier alpha value is -2.31. The van der Waals surface area contributed by atoms with Gasteiger partial charge in [0.05, 0.1) is 7.11 Å². The molecule has 1 N–H and O–H groups in total. The van der Waals surface area contributed by atoms with Gasteiger partial charge in [-0.1, -0.05) is 40.2 Å². The van der Waals surface area contributed by atoms with Gasteiger partial charge in [0.15, 0.2) is 0 Å². The van der Waals surface area contributed by atoms with Crippen LogP contribution in [-0.4, -0.2) is 55.2 Å². The fourth-order valence-electron chi connectivity index (χ4n) is 3.87. The number of ether oxygens (including phenoxy) is 1. The number of amides is 2. The molecule has 2 heterocycles. The van der Waals surface area contributed by atoms with Gasteiger partial charge in [-0.15, -0.1) is 0 Å². The van der Waals surface area contributed by atoms with Crippen LogP contribution in [0.15, 0.2) is 65.2 Å². The van der Waals surface area contributed by atoms with E-state index < -0.39 is 0 Å². The van der Waals surface area contributed by atoms with Gasteiger partial charge in [-0.2, -0.15) is 0 Å². The minimum atomic E-state index is -0.0712. The molecule has 0 aliphatic carbocycles. The van der Waals surface area contributed by atoms with Gasteiger partial charge >= 0.3 is 6.03 Å². The van der Waals surface area contributed by atoms with Gasteiger partial charge in [-0.25, -0.2) is 4.79 Å². The molecular formula is C22H24BrN3O2. The quantitative estimate of drug-likeness (QED) is 0.720. The molecule has 1 saturated heterocycles. The Balaban J connectivity index is 1.46. The summed E-state index contributed by atoms with van der Waals surface area (Å²) in [4.78, 5) is 17.2. The molecule has 2 unspecified atom stereocenters. The number of benzene rings is 2. The molecule has 28 heavy (non-hydrogen) atoms. The van der Waals surface area contributed by atoms with Crippen molar-refractivity contribution in [3.63, 3.8) is 0 Å². The first kappa shape index (κ1) is 19.0. The van der Waals surface area contributed by atoms with Crippen LogP contribution in [-0.2, 0) is 0 Å². The fraction of sp³-hybridized carbons (Fsp3) is 0.318. The van der Waals surface area contributed by atoms with E-state index in [0.29, 0.717) is 25.0 Å². The van der Waals surface area contributed by atoms with Crippen LogP contribution in [0.4, 0.5) is 10.5 Å². The first-order valence-corrected chi connectivity index (χ1v) is 10.3. The Labute approximate surface area is 174 Å². The highest BCUT2D eigenvalue weighted by molar-refractivity contribution is 9.10. The van der Waals surface area contributed by atoms with E-state index in [0.717, 1.165) is 29.0 Å². The SMILES string of the molecule is COc1ccc(NC(=O)N2CC=CCN3CC(c4ccc(Br)cc4)C3C2)cc1. The summed E-state index contributed by atoms with van der Waals surface area (Å²) in [7, 11) is 1.63. The molecule has 0 aromatic heterocycles. The molecule has 2 aliphatic rings. The minimum Gasteiger partial charge on any atom is -0.497 e. The number of hydrogen-bond acceptors (Lipinski definition) is 3. The molecule has 5 nitrogen and oxygen atoms in total. The molecule has 2 amide bonds. The van der Waals surface area contributed by atoms with E-state index in [1.807, 2.05) is 29.2 Å². The molecule has 0 saturated carbocycles. The average molecular weight is 442 g/mol. The average Bonchev–Trinajstić information content (AvgIpc) is 2.69. The Morgan fingerprint density at radius 1 is 1.04 bits per heavy atom. The molecule has 0 bridgehead atoms. The molecule has 6 heteroatoms. The predicted octanol–water partition coefficient (Wildman–Crippen LogP) is 4.33. The molecule has 146 valence electrons. The number of hydrogen-bond donors (Lipinski definition) is 1. The van der Waals surface area contributed by atoms with Gasteiger partial charge in [0.25, 0.3) is 0 Å². The molecule has 4 rings (SSSR count). The number of nitrogens with zero attached hydrogens (tertiary/aromatic N) is 2. The summed E-state index contributed by atoms with van der Waals surface area (Å²) in [5.41, 5.74) is 2.11. The van der Waals surface area contributed by atoms with E-state index >= 15 is 0 Å². The van der Waals surface area contributed by atoms with Crippen molar-refractivity contribution < 1.29 is 9.53 Å². The first-order valence-electron chi connectivity index (χ1n) is 9.48. The lowest BCUT2D eigenvalue weighted by molar-refractivity contribution is 0.0496. The lowest BCUT2D eigenvalue weighted by atomic mass is 9.82. The number of halogens is 1. The maximum atomic E-state index is 12.9. The highest BCUT2D eigenvalue weighted by Gasteiger charge is 2.41. The van der Waals surface area contributed by atoms with E-state index in [1.54, 1.807) is 7.11 Å². The zero-order valence-electron chi connectivity index (χ0n) is 15.8. The largest absolute Gasteiger partial charge is 0.497 e. The fourth-order valence-corrected chi connectivity index (χ4v) is 4.14. The van der Waals surface area contributed by atoms with Crippen molar-refractivity contribution in [2.75, 3.05) is 38.6 Å². The van der Waals surface area contributed by atoms with Crippen molar-refractivity contribution in [2.24, 2.45) is 0 Å². The summed E-state index contributed by atoms with van der Waals surface area (Å²) in [6.45, 7) is 3.32. The van der Waals surface area contributed by atoms with E-state index in [4.69, 9.17) is 4.74 Å². The lowest BCUT2D eigenvalue weighted by Crippen LogP contribution is -2.60. The van der Waals surface area contributed by atoms with Crippen molar-refractivity contribution in [1.29, 1.82) is 0 Å². The van der Waals surface area contributed by atoms with Crippen molar-refractivity contribution in [2.45, 2.75) is 12.0 Å². The lowest BCUT2D eigenvalue weighted by Gasteiger charge is -2.50. The monoisotopic (exact) mass is 441 g/mol. The van der Waals surface area contributed by atoms with E-state index in [1.165, 1.54) is 5.56 Å². The molecule has 0 spiro atoms. The van der Waals surface area contributed by atoms with Crippen molar-refractivity contribution >= 4 is 27.6 Å². The zero-order chi connectivity index (χ0) is 19.5. The van der Waals surface area contributed by atoms with E-state index in [2.05, 4.69) is 62.6 Å². The predicted molar refractivity (Wildman–Crippen MR) is 115 cm³/mol. The van der Waals surface area contributed by atoms with Crippen LogP contribution in [0.2, 0.25) is 0 Å². The van der Waals surface area contributed by atoms with Crippen LogP contribution in [0.3, 0.4) is 0 Å². The molecule has 0 radical (unpaired) electrons. The van der Waals surface area contributed by atoms with E-state index in [9.17, 15) is 4.79 Å². The van der Waals surface area contributed by atoms with E-state index in [-0.39, 0.29) is 6.03 Å². The van der Waals surface area contributed by atoms with Crippen molar-refractivity contribution in [3.05, 3.63) is 70.7 Å². The second kappa shape index (κ2) is 8.37. The Morgan fingerprint density at radius 2 is 1.75 bits per heavy atom. The summed E-state index contributed by atoms with van der Waals surface area (Å²) < 4.78 is 6.27. The van der Waals surface area contributed by atoms with Gasteiger partial charge < -0.3 is 15.0 Å². The zero-order valence-corrected chi connectivity index (χ0v) is 17.4. The van der Waals surface area contributed by atoms with Crippen LogP contribution in [0.25, 0.3) is 0 Å². The standard InChI is InChI=1S/C22H24BrN3O2/c1-28-19-10-8-18(9-11-19)24-22(27)26-13-3-2-12-25-14-20(21(25)15-26)16-4-6-17(23)7-5-16/h2-11,20-21H,12-15H2,1H3,(H,24,27). The first-order chi connectivity index (χ1) is 13.6. The minimum absolute atomic E-state index is 0.0712. The summed E-state index contributed by atoms with van der Waals surface area (Å²) in [5.74, 6) is 1.23. The van der Waals surface area contributed by atoms with Gasteiger partial charge in [0.2, 0.25) is 0 Å². The Bertz CT molecular complexity index is 851. The number of methoxy groups -OCH3 is 1. The highest BCUT2D eigenvalue weighted by atomic mass is 79.9. The van der Waals surface area contributed by atoms with Crippen LogP contribution in [0, 0.1) is 0 Å². The number of urea groups is 1. The molecule has 2 aromatic carbocycles. The summed E-state index contributed by atoms with van der Waals surface area (Å²) in [5, 5.41) is 3.01. The van der Waals surface area contributed by atoms with Crippen LogP contribution >= 0.6 is 15.9 Å². The maximum absolute atomic E-state index is 12.9. The number of carbonyl (C=O) groups is 1. The Morgan fingerprint density at radius 3 is 2.46 bits per heavy atom. The van der Waals surface area contributed by atoms with Crippen LogP contribution in [0.1, 0.15) is 11.5 Å². The van der Waals surface area contributed by atoms with Crippen molar-refractivity contribution in [3.8, 4) is 5.75 Å². The summed E-state index contributed by atoms with van der Waals surface area (Å²) >= 11 is 3.51. The number of rotatable bonds is 3. The Kier molecular flexibility index (Phi) is 5.69. The highest BCUT2D eigenvalue weighted by Crippen LogP contribution is 2.35. The molecule has 1 fully saturated rings. The number of fused-ring (bicyclic) bond motifs is 1. The second-order valence-electron chi connectivity index (χ2n) is 7.21. The number of nitrogens with one attached hydrogen (secondary N) is 1. The van der Waals surface area contributed by atoms with Crippen molar-refractivity contribution in [1.82, 2.24) is 9.80 Å². The normalized spacial score (nSPS) is 21.9.